The fraction of sp³-hybridized carbons (Fsp3) is 0.189. The zero-order chi connectivity index (χ0) is 29.1. The molecule has 0 aliphatic carbocycles. The molecule has 0 unspecified atom stereocenters. The van der Waals surface area contributed by atoms with E-state index in [1.54, 1.807) is 6.33 Å². The minimum atomic E-state index is -0.962. The van der Waals surface area contributed by atoms with Crippen LogP contribution in [0.3, 0.4) is 0 Å². The van der Waals surface area contributed by atoms with Gasteiger partial charge in [-0.15, -0.1) is 0 Å². The molecule has 0 spiro atoms. The number of rotatable bonds is 8. The van der Waals surface area contributed by atoms with Crippen molar-refractivity contribution in [1.82, 2.24) is 19.4 Å². The van der Waals surface area contributed by atoms with Gasteiger partial charge in [-0.1, -0.05) is 121 Å². The van der Waals surface area contributed by atoms with Crippen LogP contribution in [0.25, 0.3) is 11.0 Å². The highest BCUT2D eigenvalue weighted by Crippen LogP contribution is 2.43. The molecular formula is C37H34FN5. The number of alkyl halides is 1. The van der Waals surface area contributed by atoms with E-state index in [1.807, 2.05) is 24.3 Å². The van der Waals surface area contributed by atoms with Gasteiger partial charge in [0.05, 0.1) is 11.4 Å². The van der Waals surface area contributed by atoms with E-state index < -0.39 is 11.7 Å². The van der Waals surface area contributed by atoms with Crippen LogP contribution in [0.2, 0.25) is 0 Å². The van der Waals surface area contributed by atoms with E-state index in [4.69, 9.17) is 4.98 Å². The standard InChI is InChI=1S/C37H34FN5/c38-33-22-23-42(25-28-13-5-1-6-14-28)26-34(33)41-35-32-21-24-43(36(32)40-27-39-35)37(29-15-7-2-8-16-29,30-17-9-3-10-18-30)31-19-11-4-12-20-31/h1-21,24,27,33-34H,22-23,25-26H2,(H,39,40,41)/t33-,34+/m1/s1. The SMILES string of the molecule is F[C@@H]1CCN(Cc2ccccc2)C[C@@H]1Nc1ncnc2c1ccn2C(c1ccccc1)(c1ccccc1)c1ccccc1. The molecule has 1 fully saturated rings. The van der Waals surface area contributed by atoms with Crippen LogP contribution in [0.15, 0.2) is 140 Å². The fourth-order valence-electron chi connectivity index (χ4n) is 6.58. The number of anilines is 1. The Hall–Kier alpha value is -4.81. The third-order valence-electron chi connectivity index (χ3n) is 8.60. The highest BCUT2D eigenvalue weighted by atomic mass is 19.1. The number of halogens is 1. The molecule has 4 aromatic carbocycles. The second-order valence-corrected chi connectivity index (χ2v) is 11.2. The van der Waals surface area contributed by atoms with Gasteiger partial charge in [0, 0.05) is 25.8 Å². The maximum atomic E-state index is 15.4. The summed E-state index contributed by atoms with van der Waals surface area (Å²) >= 11 is 0. The zero-order valence-corrected chi connectivity index (χ0v) is 23.9. The van der Waals surface area contributed by atoms with E-state index in [2.05, 4.69) is 129 Å². The molecule has 0 saturated carbocycles. The molecule has 1 saturated heterocycles. The van der Waals surface area contributed by atoms with Crippen LogP contribution in [0, 0.1) is 0 Å². The van der Waals surface area contributed by atoms with Crippen LogP contribution in [-0.4, -0.2) is 44.7 Å². The number of likely N-dealkylation sites (tertiary alicyclic amines) is 1. The summed E-state index contributed by atoms with van der Waals surface area (Å²) in [6.07, 6.45) is 3.20. The Balaban J connectivity index is 1.31. The quantitative estimate of drug-likeness (QED) is 0.196. The Labute approximate surface area is 251 Å². The summed E-state index contributed by atoms with van der Waals surface area (Å²) in [6, 6.07) is 43.7. The van der Waals surface area contributed by atoms with E-state index in [0.717, 1.165) is 40.8 Å². The van der Waals surface area contributed by atoms with Gasteiger partial charge in [-0.3, -0.25) is 4.90 Å². The molecule has 1 N–H and O–H groups in total. The third kappa shape index (κ3) is 5.08. The maximum Gasteiger partial charge on any atom is 0.146 e. The largest absolute Gasteiger partial charge is 0.362 e. The molecule has 6 heteroatoms. The smallest absolute Gasteiger partial charge is 0.146 e. The maximum absolute atomic E-state index is 15.4. The number of hydrogen-bond acceptors (Lipinski definition) is 4. The van der Waals surface area contributed by atoms with E-state index in [1.165, 1.54) is 5.56 Å². The lowest BCUT2D eigenvalue weighted by Gasteiger charge is -2.38. The topological polar surface area (TPSA) is 46.0 Å². The summed E-state index contributed by atoms with van der Waals surface area (Å²) in [6.45, 7) is 2.14. The molecule has 1 aliphatic heterocycles. The Bertz CT molecular complexity index is 1680. The van der Waals surface area contributed by atoms with Gasteiger partial charge in [-0.2, -0.15) is 0 Å². The third-order valence-corrected chi connectivity index (χ3v) is 8.60. The summed E-state index contributed by atoms with van der Waals surface area (Å²) in [4.78, 5) is 11.8. The molecule has 214 valence electrons. The van der Waals surface area contributed by atoms with E-state index in [-0.39, 0.29) is 6.04 Å². The first-order valence-electron chi connectivity index (χ1n) is 14.9. The van der Waals surface area contributed by atoms with Crippen molar-refractivity contribution in [3.63, 3.8) is 0 Å². The molecule has 3 heterocycles. The number of nitrogens with zero attached hydrogens (tertiary/aromatic N) is 4. The number of aromatic nitrogens is 3. The average molecular weight is 568 g/mol. The van der Waals surface area contributed by atoms with Crippen molar-refractivity contribution in [2.75, 3.05) is 18.4 Å². The van der Waals surface area contributed by atoms with Crippen molar-refractivity contribution in [3.05, 3.63) is 162 Å². The van der Waals surface area contributed by atoms with Crippen molar-refractivity contribution in [3.8, 4) is 0 Å². The average Bonchev–Trinajstić information content (AvgIpc) is 3.51. The van der Waals surface area contributed by atoms with Gasteiger partial charge in [-0.05, 0) is 34.7 Å². The summed E-state index contributed by atoms with van der Waals surface area (Å²) in [7, 11) is 0. The first-order valence-corrected chi connectivity index (χ1v) is 14.9. The summed E-state index contributed by atoms with van der Waals surface area (Å²) in [5.41, 5.74) is 4.67. The highest BCUT2D eigenvalue weighted by molar-refractivity contribution is 5.88. The molecule has 0 amide bonds. The van der Waals surface area contributed by atoms with Crippen molar-refractivity contribution < 1.29 is 4.39 Å². The lowest BCUT2D eigenvalue weighted by Crippen LogP contribution is -2.48. The molecule has 43 heavy (non-hydrogen) atoms. The predicted octanol–water partition coefficient (Wildman–Crippen LogP) is 7.30. The normalized spacial score (nSPS) is 17.6. The summed E-state index contributed by atoms with van der Waals surface area (Å²) in [5, 5.41) is 4.36. The van der Waals surface area contributed by atoms with Crippen LogP contribution in [-0.2, 0) is 12.1 Å². The molecule has 2 atom stereocenters. The van der Waals surface area contributed by atoms with Gasteiger partial charge in [-0.25, -0.2) is 14.4 Å². The number of nitrogens with one attached hydrogen (secondary N) is 1. The Morgan fingerprint density at radius 3 is 1.86 bits per heavy atom. The van der Waals surface area contributed by atoms with Crippen molar-refractivity contribution in [2.24, 2.45) is 0 Å². The molecule has 5 nitrogen and oxygen atoms in total. The molecule has 1 aliphatic rings. The minimum absolute atomic E-state index is 0.374. The number of hydrogen-bond donors (Lipinski definition) is 1. The van der Waals surface area contributed by atoms with Gasteiger partial charge < -0.3 is 9.88 Å². The summed E-state index contributed by atoms with van der Waals surface area (Å²) in [5.74, 6) is 0.654. The Morgan fingerprint density at radius 1 is 0.721 bits per heavy atom. The van der Waals surface area contributed by atoms with Gasteiger partial charge >= 0.3 is 0 Å². The van der Waals surface area contributed by atoms with Crippen molar-refractivity contribution in [2.45, 2.75) is 30.7 Å². The second-order valence-electron chi connectivity index (χ2n) is 11.2. The van der Waals surface area contributed by atoms with Gasteiger partial charge in [0.25, 0.3) is 0 Å². The monoisotopic (exact) mass is 567 g/mol. The van der Waals surface area contributed by atoms with Gasteiger partial charge in [0.15, 0.2) is 0 Å². The van der Waals surface area contributed by atoms with Crippen LogP contribution in [0.4, 0.5) is 10.2 Å². The lowest BCUT2D eigenvalue weighted by atomic mass is 9.76. The first-order chi connectivity index (χ1) is 21.2. The molecular weight excluding hydrogens is 533 g/mol. The predicted molar refractivity (Wildman–Crippen MR) is 171 cm³/mol. The Kier molecular flexibility index (Phi) is 7.44. The lowest BCUT2D eigenvalue weighted by molar-refractivity contribution is 0.130. The molecule has 7 rings (SSSR count). The van der Waals surface area contributed by atoms with Crippen molar-refractivity contribution in [1.29, 1.82) is 0 Å². The van der Waals surface area contributed by atoms with Crippen LogP contribution < -0.4 is 5.32 Å². The number of benzene rings is 4. The van der Waals surface area contributed by atoms with Crippen LogP contribution in [0.5, 0.6) is 0 Å². The second kappa shape index (κ2) is 11.8. The Morgan fingerprint density at radius 2 is 1.28 bits per heavy atom. The van der Waals surface area contributed by atoms with Gasteiger partial charge in [0.2, 0.25) is 0 Å². The number of piperidine rings is 1. The van der Waals surface area contributed by atoms with Crippen molar-refractivity contribution >= 4 is 16.9 Å². The first kappa shape index (κ1) is 27.0. The molecule has 2 aromatic heterocycles. The fourth-order valence-corrected chi connectivity index (χ4v) is 6.58. The molecule has 0 bridgehead atoms. The van der Waals surface area contributed by atoms with E-state index in [0.29, 0.717) is 18.8 Å². The van der Waals surface area contributed by atoms with Crippen LogP contribution in [0.1, 0.15) is 28.7 Å². The molecule has 6 aromatic rings. The zero-order valence-electron chi connectivity index (χ0n) is 23.9. The summed E-state index contributed by atoms with van der Waals surface area (Å²) < 4.78 is 17.6. The van der Waals surface area contributed by atoms with E-state index in [9.17, 15) is 0 Å². The van der Waals surface area contributed by atoms with Gasteiger partial charge in [0.1, 0.15) is 29.5 Å². The minimum Gasteiger partial charge on any atom is -0.362 e. The van der Waals surface area contributed by atoms with Crippen LogP contribution >= 0.6 is 0 Å². The highest BCUT2D eigenvalue weighted by Gasteiger charge is 2.39. The number of fused-ring (bicyclic) bond motifs is 1. The van der Waals surface area contributed by atoms with E-state index >= 15 is 4.39 Å². The molecule has 0 radical (unpaired) electrons.